The first-order valence-corrected chi connectivity index (χ1v) is 17.6. The molecule has 0 saturated carbocycles. The number of halogens is 2. The number of aromatic amines is 1. The first-order valence-electron chi connectivity index (χ1n) is 12.6. The van der Waals surface area contributed by atoms with Gasteiger partial charge in [-0.05, 0) is 16.4 Å². The van der Waals surface area contributed by atoms with Crippen molar-refractivity contribution in [2.24, 2.45) is 0 Å². The van der Waals surface area contributed by atoms with Crippen LogP contribution in [0.15, 0.2) is 23.8 Å². The first-order chi connectivity index (χ1) is 20.9. The molecule has 2 aliphatic rings. The number of aliphatic hydroxyl groups is 1. The summed E-state index contributed by atoms with van der Waals surface area (Å²) in [5, 5.41) is 9.74. The van der Waals surface area contributed by atoms with E-state index < -0.39 is 81.3 Å². The number of hydrogen-bond donors (Lipinski definition) is 6. The average Bonchev–Trinajstić information content (AvgIpc) is 3.72. The van der Waals surface area contributed by atoms with Crippen molar-refractivity contribution < 1.29 is 41.9 Å². The highest BCUT2D eigenvalue weighted by Crippen LogP contribution is 2.59. The van der Waals surface area contributed by atoms with Gasteiger partial charge in [-0.2, -0.15) is 4.98 Å². The Kier molecular flexibility index (Phi) is 8.41. The number of nitrogens with zero attached hydrogens (tertiary/aromatic N) is 7. The number of aromatic nitrogens is 8. The predicted octanol–water partition coefficient (Wildman–Crippen LogP) is 0.247. The summed E-state index contributed by atoms with van der Waals surface area (Å²) in [6.45, 7) is -5.73. The molecule has 24 heteroatoms. The summed E-state index contributed by atoms with van der Waals surface area (Å²) in [5.41, 5.74) is 9.22. The minimum atomic E-state index is -4.28. The molecular formula is C20H23F2N10O8P2S2+. The summed E-state index contributed by atoms with van der Waals surface area (Å²) >= 11 is 9.09. The van der Waals surface area contributed by atoms with E-state index in [0.29, 0.717) is 0 Å². The lowest BCUT2D eigenvalue weighted by Crippen LogP contribution is -2.34. The molecule has 18 nitrogen and oxygen atoms in total. The number of thiol groups is 1. The van der Waals surface area contributed by atoms with Crippen LogP contribution in [0.1, 0.15) is 12.5 Å². The third-order valence-electron chi connectivity index (χ3n) is 7.13. The van der Waals surface area contributed by atoms with Crippen LogP contribution in [0, 0.1) is 0 Å². The molecule has 6 rings (SSSR count). The summed E-state index contributed by atoms with van der Waals surface area (Å²) in [6.07, 6.45) is -7.81. The SMILES string of the molecule is Nc1nc2c(ncn2[C@@H]2OC(CO)[C@H](F)[C@H]2P(O)(=S)OC[C@H]2O[C@@H](n3cnc4c(N)ncnc43)[C@@H](F)[C@@H]2O[P+](=O)S)c(=O)[nH]1. The Labute approximate surface area is 255 Å². The summed E-state index contributed by atoms with van der Waals surface area (Å²) in [7, 11) is -2.64. The molecule has 7 N–H and O–H groups in total. The second kappa shape index (κ2) is 11.9. The fourth-order valence-corrected chi connectivity index (χ4v) is 8.41. The highest BCUT2D eigenvalue weighted by Gasteiger charge is 2.56. The van der Waals surface area contributed by atoms with E-state index in [2.05, 4.69) is 42.2 Å². The van der Waals surface area contributed by atoms with Gasteiger partial charge in [-0.3, -0.25) is 18.9 Å². The largest absolute Gasteiger partial charge is 0.582 e. The van der Waals surface area contributed by atoms with Gasteiger partial charge in [0, 0.05) is 0 Å². The third-order valence-corrected chi connectivity index (χ3v) is 10.7. The summed E-state index contributed by atoms with van der Waals surface area (Å²) in [5.74, 6) is -0.228. The first kappa shape index (κ1) is 31.2. The van der Waals surface area contributed by atoms with Crippen LogP contribution in [0.5, 0.6) is 0 Å². The molecule has 4 aromatic heterocycles. The highest BCUT2D eigenvalue weighted by atomic mass is 32.7. The van der Waals surface area contributed by atoms with Gasteiger partial charge in [0.05, 0.1) is 25.9 Å². The van der Waals surface area contributed by atoms with Gasteiger partial charge in [0.1, 0.15) is 48.1 Å². The van der Waals surface area contributed by atoms with Crippen LogP contribution >= 0.6 is 26.0 Å². The number of ether oxygens (including phenoxy) is 2. The quantitative estimate of drug-likeness (QED) is 0.101. The van der Waals surface area contributed by atoms with Gasteiger partial charge in [-0.1, -0.05) is 0 Å². The van der Waals surface area contributed by atoms with E-state index in [4.69, 9.17) is 41.8 Å². The number of anilines is 2. The van der Waals surface area contributed by atoms with Crippen LogP contribution in [0.4, 0.5) is 20.5 Å². The van der Waals surface area contributed by atoms with Gasteiger partial charge in [-0.15, -0.1) is 4.52 Å². The highest BCUT2D eigenvalue weighted by molar-refractivity contribution is 8.39. The zero-order valence-electron chi connectivity index (χ0n) is 21.9. The molecule has 3 unspecified atom stereocenters. The minimum absolute atomic E-state index is 0.0395. The second-order valence-electron chi connectivity index (χ2n) is 9.72. The van der Waals surface area contributed by atoms with E-state index >= 15 is 8.78 Å². The lowest BCUT2D eigenvalue weighted by Gasteiger charge is -2.29. The predicted molar refractivity (Wildman–Crippen MR) is 155 cm³/mol. The molecular weight excluding hydrogens is 672 g/mol. The van der Waals surface area contributed by atoms with Crippen molar-refractivity contribution in [3.8, 4) is 0 Å². The number of aliphatic hydroxyl groups excluding tert-OH is 1. The lowest BCUT2D eigenvalue weighted by molar-refractivity contribution is -0.0398. The van der Waals surface area contributed by atoms with Gasteiger partial charge in [-0.25, -0.2) is 28.7 Å². The topological polar surface area (TPSA) is 254 Å². The normalized spacial score (nSPS) is 30.7. The average molecular weight is 696 g/mol. The molecule has 0 bridgehead atoms. The summed E-state index contributed by atoms with van der Waals surface area (Å²) < 4.78 is 68.0. The van der Waals surface area contributed by atoms with Crippen LogP contribution in [0.3, 0.4) is 0 Å². The monoisotopic (exact) mass is 695 g/mol. The molecule has 2 fully saturated rings. The molecule has 0 aliphatic carbocycles. The Morgan fingerprint density at radius 1 is 1.09 bits per heavy atom. The van der Waals surface area contributed by atoms with Crippen molar-refractivity contribution in [1.82, 2.24) is 39.0 Å². The molecule has 44 heavy (non-hydrogen) atoms. The lowest BCUT2D eigenvalue weighted by atomic mass is 10.1. The molecule has 236 valence electrons. The fraction of sp³-hybridized carbons (Fsp3) is 0.500. The van der Waals surface area contributed by atoms with Crippen molar-refractivity contribution in [3.05, 3.63) is 29.3 Å². The maximum atomic E-state index is 15.8. The van der Waals surface area contributed by atoms with Gasteiger partial charge in [0.2, 0.25) is 5.95 Å². The Bertz CT molecular complexity index is 1850. The van der Waals surface area contributed by atoms with Gasteiger partial charge >= 0.3 is 7.23 Å². The van der Waals surface area contributed by atoms with Crippen LogP contribution in [-0.2, 0) is 34.9 Å². The Balaban J connectivity index is 1.29. The van der Waals surface area contributed by atoms with Crippen molar-refractivity contribution in [2.45, 2.75) is 48.8 Å². The molecule has 0 aromatic carbocycles. The minimum Gasteiger partial charge on any atom is -0.394 e. The van der Waals surface area contributed by atoms with Crippen LogP contribution in [0.25, 0.3) is 22.3 Å². The number of imidazole rings is 2. The number of nitrogens with one attached hydrogen (secondary N) is 1. The maximum Gasteiger partial charge on any atom is 0.582 e. The zero-order valence-corrected chi connectivity index (χ0v) is 25.4. The van der Waals surface area contributed by atoms with E-state index in [1.165, 1.54) is 10.9 Å². The van der Waals surface area contributed by atoms with Gasteiger partial charge < -0.3 is 35.5 Å². The van der Waals surface area contributed by atoms with Crippen LogP contribution in [0.2, 0.25) is 0 Å². The number of nitrogens with two attached hydrogens (primary N) is 2. The summed E-state index contributed by atoms with van der Waals surface area (Å²) in [6, 6.07) is 0. The van der Waals surface area contributed by atoms with E-state index in [1.54, 1.807) is 0 Å². The molecule has 10 atom stereocenters. The van der Waals surface area contributed by atoms with Crippen molar-refractivity contribution >= 4 is 71.9 Å². The Morgan fingerprint density at radius 3 is 2.48 bits per heavy atom. The Morgan fingerprint density at radius 2 is 1.77 bits per heavy atom. The molecule has 4 aromatic rings. The molecule has 0 amide bonds. The number of nitrogen functional groups attached to an aromatic ring is 2. The number of alkyl halides is 2. The Hall–Kier alpha value is -2.78. The molecule has 0 radical (unpaired) electrons. The van der Waals surface area contributed by atoms with E-state index in [0.717, 1.165) is 17.2 Å². The number of H-pyrrole nitrogens is 1. The zero-order chi connectivity index (χ0) is 31.5. The van der Waals surface area contributed by atoms with Gasteiger partial charge in [0.15, 0.2) is 53.9 Å². The van der Waals surface area contributed by atoms with E-state index in [1.807, 2.05) is 0 Å². The van der Waals surface area contributed by atoms with E-state index in [-0.39, 0.29) is 34.1 Å². The smallest absolute Gasteiger partial charge is 0.394 e. The fourth-order valence-electron chi connectivity index (χ4n) is 5.16. The third kappa shape index (κ3) is 5.38. The number of fused-ring (bicyclic) bond motifs is 2. The maximum absolute atomic E-state index is 15.8. The van der Waals surface area contributed by atoms with Crippen molar-refractivity contribution in [1.29, 1.82) is 0 Å². The summed E-state index contributed by atoms with van der Waals surface area (Å²) in [4.78, 5) is 45.9. The molecule has 2 aliphatic heterocycles. The van der Waals surface area contributed by atoms with Crippen LogP contribution < -0.4 is 17.0 Å². The van der Waals surface area contributed by atoms with Gasteiger partial charge in [0.25, 0.3) is 5.56 Å². The van der Waals surface area contributed by atoms with E-state index in [9.17, 15) is 19.4 Å². The molecule has 6 heterocycles. The van der Waals surface area contributed by atoms with Crippen molar-refractivity contribution in [3.63, 3.8) is 0 Å². The number of hydrogen-bond acceptors (Lipinski definition) is 15. The molecule has 2 saturated heterocycles. The second-order valence-corrected chi connectivity index (χ2v) is 14.9. The molecule has 0 spiro atoms. The number of rotatable bonds is 9. The standard InChI is InChI=1S/C20H22F2N10O8P2S2/c21-8-6(1-33)38-19(32-5-28-11-16(32)29-20(24)30-17(11)34)13(8)42(36,44)37-2-7-12(40-41(35)43)9(22)18(39-7)31-4-27-10-14(23)25-3-26-15(10)31/h3-9,12-13,18-19,33H,1-2H2,(H6-,23,24,25,26,29,30,34,35,36,43,44)/p+1/t6?,7-,8+,9+,12-,13-,18-,19-,42?/m1/s1. The van der Waals surface area contributed by atoms with Crippen molar-refractivity contribution in [2.75, 3.05) is 24.7 Å². The van der Waals surface area contributed by atoms with Crippen LogP contribution in [-0.4, -0.2) is 98.6 Å².